The third-order valence-corrected chi connectivity index (χ3v) is 7.43. The Morgan fingerprint density at radius 3 is 2.00 bits per heavy atom. The van der Waals surface area contributed by atoms with Gasteiger partial charge in [-0.15, -0.1) is 0 Å². The monoisotopic (exact) mass is 413 g/mol. The second kappa shape index (κ2) is 8.71. The summed E-state index contributed by atoms with van der Waals surface area (Å²) < 4.78 is 15.6. The maximum atomic E-state index is 13.4. The van der Waals surface area contributed by atoms with Crippen LogP contribution in [0.3, 0.4) is 0 Å². The number of amides is 1. The molecule has 0 radical (unpaired) electrons. The fourth-order valence-electron chi connectivity index (χ4n) is 6.45. The molecule has 1 atom stereocenters. The molecule has 0 saturated heterocycles. The van der Waals surface area contributed by atoms with Gasteiger partial charge in [-0.2, -0.15) is 0 Å². The second-order valence-corrected chi connectivity index (χ2v) is 9.50. The molecule has 0 aliphatic heterocycles. The fourth-order valence-corrected chi connectivity index (χ4v) is 6.45. The van der Waals surface area contributed by atoms with Crippen LogP contribution >= 0.6 is 0 Å². The largest absolute Gasteiger partial charge is 0.493 e. The summed E-state index contributed by atoms with van der Waals surface area (Å²) in [5.41, 5.74) is 1.57. The van der Waals surface area contributed by atoms with Gasteiger partial charge in [0, 0.05) is 26.1 Å². The summed E-state index contributed by atoms with van der Waals surface area (Å²) >= 11 is 0. The van der Waals surface area contributed by atoms with Crippen molar-refractivity contribution in [3.8, 4) is 0 Å². The van der Waals surface area contributed by atoms with Crippen molar-refractivity contribution in [1.29, 1.82) is 0 Å². The average molecular weight is 413 g/mol. The van der Waals surface area contributed by atoms with E-state index in [2.05, 4.69) is 5.32 Å². The molecule has 30 heavy (non-hydrogen) atoms. The Bertz CT molecular complexity index is 741. The molecule has 1 aromatic carbocycles. The molecule has 1 aromatic rings. The van der Waals surface area contributed by atoms with Crippen LogP contribution in [0.5, 0.6) is 0 Å². The van der Waals surface area contributed by atoms with Gasteiger partial charge in [-0.05, 0) is 67.3 Å². The van der Waals surface area contributed by atoms with Gasteiger partial charge in [0.15, 0.2) is 0 Å². The lowest BCUT2D eigenvalue weighted by atomic mass is 9.49. The van der Waals surface area contributed by atoms with E-state index in [9.17, 15) is 9.59 Å². The minimum atomic E-state index is -0.679. The van der Waals surface area contributed by atoms with Gasteiger partial charge in [0.2, 0.25) is 5.91 Å². The molecule has 1 N–H and O–H groups in total. The molecule has 4 saturated carbocycles. The first-order chi connectivity index (χ1) is 14.5. The first kappa shape index (κ1) is 21.4. The predicted octanol–water partition coefficient (Wildman–Crippen LogP) is 2.09. The van der Waals surface area contributed by atoms with Gasteiger partial charge in [0.1, 0.15) is 6.04 Å². The average Bonchev–Trinajstić information content (AvgIpc) is 2.73. The number of hydrogen-bond acceptors (Lipinski definition) is 5. The zero-order chi connectivity index (χ0) is 21.3. The van der Waals surface area contributed by atoms with E-state index < -0.39 is 19.1 Å². The SMILES string of the molecule is COB(OC)c1ccc(C[C@H](NC(=O)C23CC4CC(CC(C4)C2)C3)C(=O)OC)cc1. The fraction of sp³-hybridized carbons (Fsp3) is 0.652. The predicted molar refractivity (Wildman–Crippen MR) is 114 cm³/mol. The Balaban J connectivity index is 1.46. The van der Waals surface area contributed by atoms with Crippen molar-refractivity contribution < 1.29 is 23.6 Å². The number of carbonyl (C=O) groups is 2. The van der Waals surface area contributed by atoms with Gasteiger partial charge >= 0.3 is 13.1 Å². The summed E-state index contributed by atoms with van der Waals surface area (Å²) in [4.78, 5) is 25.9. The summed E-state index contributed by atoms with van der Waals surface area (Å²) in [6.07, 6.45) is 7.17. The van der Waals surface area contributed by atoms with Crippen LogP contribution in [0, 0.1) is 23.2 Å². The van der Waals surface area contributed by atoms with E-state index in [4.69, 9.17) is 14.0 Å². The van der Waals surface area contributed by atoms with Crippen molar-refractivity contribution in [2.24, 2.45) is 23.2 Å². The molecule has 4 aliphatic rings. The third-order valence-electron chi connectivity index (χ3n) is 7.43. The summed E-state index contributed by atoms with van der Waals surface area (Å²) in [6, 6.07) is 7.03. The molecule has 0 spiro atoms. The summed E-state index contributed by atoms with van der Waals surface area (Å²) in [6.45, 7) is 0. The molecule has 6 nitrogen and oxygen atoms in total. The minimum absolute atomic E-state index is 0.0486. The summed E-state index contributed by atoms with van der Waals surface area (Å²) in [5.74, 6) is 1.69. The van der Waals surface area contributed by atoms with Gasteiger partial charge in [-0.1, -0.05) is 24.3 Å². The molecule has 7 heteroatoms. The van der Waals surface area contributed by atoms with Gasteiger partial charge < -0.3 is 19.4 Å². The van der Waals surface area contributed by atoms with Crippen LogP contribution in [0.2, 0.25) is 0 Å². The van der Waals surface area contributed by atoms with Crippen LogP contribution in [0.1, 0.15) is 44.1 Å². The van der Waals surface area contributed by atoms with Crippen molar-refractivity contribution in [3.05, 3.63) is 29.8 Å². The zero-order valence-corrected chi connectivity index (χ0v) is 18.2. The number of rotatable bonds is 8. The Kier molecular flexibility index (Phi) is 6.21. The molecule has 0 unspecified atom stereocenters. The minimum Gasteiger partial charge on any atom is -0.467 e. The van der Waals surface area contributed by atoms with Gasteiger partial charge in [-0.25, -0.2) is 4.79 Å². The third kappa shape index (κ3) is 4.15. The quantitative estimate of drug-likeness (QED) is 0.522. The number of nitrogens with one attached hydrogen (secondary N) is 1. The van der Waals surface area contributed by atoms with Crippen LogP contribution in [0.15, 0.2) is 24.3 Å². The van der Waals surface area contributed by atoms with Gasteiger partial charge in [0.05, 0.1) is 7.11 Å². The lowest BCUT2D eigenvalue weighted by Crippen LogP contribution is -2.56. The first-order valence-electron chi connectivity index (χ1n) is 11.0. The number of carbonyl (C=O) groups excluding carboxylic acids is 2. The maximum Gasteiger partial charge on any atom is 0.493 e. The number of benzene rings is 1. The van der Waals surface area contributed by atoms with E-state index in [0.29, 0.717) is 24.2 Å². The number of methoxy groups -OCH3 is 1. The van der Waals surface area contributed by atoms with E-state index in [1.807, 2.05) is 24.3 Å². The summed E-state index contributed by atoms with van der Waals surface area (Å²) in [5, 5.41) is 3.07. The molecule has 4 aliphatic carbocycles. The van der Waals surface area contributed by atoms with Crippen molar-refractivity contribution in [2.75, 3.05) is 21.3 Å². The summed E-state index contributed by atoms with van der Waals surface area (Å²) in [7, 11) is 4.13. The van der Waals surface area contributed by atoms with E-state index in [0.717, 1.165) is 30.3 Å². The lowest BCUT2D eigenvalue weighted by molar-refractivity contribution is -0.152. The Morgan fingerprint density at radius 2 is 1.53 bits per heavy atom. The molecular formula is C23H32BNO5. The van der Waals surface area contributed by atoms with Crippen LogP contribution in [-0.4, -0.2) is 46.4 Å². The molecule has 4 bridgehead atoms. The highest BCUT2D eigenvalue weighted by Gasteiger charge is 2.55. The Hall–Kier alpha value is -1.86. The van der Waals surface area contributed by atoms with Gasteiger partial charge in [0.25, 0.3) is 0 Å². The van der Waals surface area contributed by atoms with Crippen LogP contribution < -0.4 is 10.8 Å². The second-order valence-electron chi connectivity index (χ2n) is 9.50. The molecule has 5 rings (SSSR count). The van der Waals surface area contributed by atoms with Crippen LogP contribution in [0.25, 0.3) is 0 Å². The Morgan fingerprint density at radius 1 is 1.00 bits per heavy atom. The number of esters is 1. The maximum absolute atomic E-state index is 13.4. The van der Waals surface area contributed by atoms with Gasteiger partial charge in [-0.3, -0.25) is 4.79 Å². The molecule has 0 aromatic heterocycles. The smallest absolute Gasteiger partial charge is 0.467 e. The zero-order valence-electron chi connectivity index (χ0n) is 18.2. The molecule has 162 valence electrons. The van der Waals surface area contributed by atoms with E-state index in [1.54, 1.807) is 14.2 Å². The van der Waals surface area contributed by atoms with Crippen molar-refractivity contribution in [2.45, 2.75) is 51.0 Å². The number of hydrogen-bond donors (Lipinski definition) is 1. The lowest BCUT2D eigenvalue weighted by Gasteiger charge is -2.55. The van der Waals surface area contributed by atoms with Crippen molar-refractivity contribution in [3.63, 3.8) is 0 Å². The molecule has 0 heterocycles. The molecule has 4 fully saturated rings. The highest BCUT2D eigenvalue weighted by Crippen LogP contribution is 2.60. The van der Waals surface area contributed by atoms with Crippen molar-refractivity contribution >= 4 is 24.5 Å². The van der Waals surface area contributed by atoms with Crippen LogP contribution in [-0.2, 0) is 30.1 Å². The molecule has 1 amide bonds. The topological polar surface area (TPSA) is 73.9 Å². The number of ether oxygens (including phenoxy) is 1. The van der Waals surface area contributed by atoms with E-state index in [1.165, 1.54) is 26.4 Å². The van der Waals surface area contributed by atoms with Crippen molar-refractivity contribution in [1.82, 2.24) is 5.32 Å². The first-order valence-corrected chi connectivity index (χ1v) is 11.0. The normalized spacial score (nSPS) is 30.0. The highest BCUT2D eigenvalue weighted by molar-refractivity contribution is 6.61. The highest BCUT2D eigenvalue weighted by atomic mass is 16.6. The molecular weight excluding hydrogens is 381 g/mol. The standard InChI is InChI=1S/C23H32BNO5/c1-28-21(26)20(11-15-4-6-19(7-5-15)24(29-2)30-3)25-22(27)23-12-16-8-17(13-23)10-18(9-16)14-23/h4-7,16-18,20H,8-14H2,1-3H3,(H,25,27)/t16?,17?,18?,20-,23?/m0/s1. The Labute approximate surface area is 179 Å². The van der Waals surface area contributed by atoms with E-state index in [-0.39, 0.29) is 11.3 Å². The van der Waals surface area contributed by atoms with E-state index >= 15 is 0 Å². The van der Waals surface area contributed by atoms with Crippen LogP contribution in [0.4, 0.5) is 0 Å².